The summed E-state index contributed by atoms with van der Waals surface area (Å²) >= 11 is 0. The maximum atomic E-state index is 9.70. The zero-order valence-electron chi connectivity index (χ0n) is 14.7. The van der Waals surface area contributed by atoms with Crippen LogP contribution in [0, 0.1) is 13.8 Å². The highest BCUT2D eigenvalue weighted by molar-refractivity contribution is 5.56. The zero-order valence-corrected chi connectivity index (χ0v) is 14.7. The molecular weight excluding hydrogens is 300 g/mol. The monoisotopic (exact) mass is 326 g/mol. The second-order valence-corrected chi connectivity index (χ2v) is 6.49. The van der Waals surface area contributed by atoms with Crippen molar-refractivity contribution >= 4 is 5.69 Å². The molecule has 24 heavy (non-hydrogen) atoms. The van der Waals surface area contributed by atoms with Gasteiger partial charge in [-0.2, -0.15) is 0 Å². The SMILES string of the molecule is COc1cc(CN2CCN(c3cccc(C)c3C)CC2)ccc1O. The fourth-order valence-electron chi connectivity index (χ4n) is 3.30. The second kappa shape index (κ2) is 7.14. The van der Waals surface area contributed by atoms with E-state index in [9.17, 15) is 5.11 Å². The van der Waals surface area contributed by atoms with E-state index >= 15 is 0 Å². The number of anilines is 1. The van der Waals surface area contributed by atoms with E-state index in [0.717, 1.165) is 32.7 Å². The molecule has 0 saturated carbocycles. The van der Waals surface area contributed by atoms with Crippen molar-refractivity contribution in [2.24, 2.45) is 0 Å². The Kier molecular flexibility index (Phi) is 4.95. The highest BCUT2D eigenvalue weighted by Gasteiger charge is 2.19. The summed E-state index contributed by atoms with van der Waals surface area (Å²) in [5.41, 5.74) is 5.27. The quantitative estimate of drug-likeness (QED) is 0.935. The number of hydrogen-bond donors (Lipinski definition) is 1. The number of piperazine rings is 1. The first-order chi connectivity index (χ1) is 11.6. The number of benzene rings is 2. The summed E-state index contributed by atoms with van der Waals surface area (Å²) in [6, 6.07) is 12.1. The maximum absolute atomic E-state index is 9.70. The molecule has 0 spiro atoms. The third-order valence-electron chi connectivity index (χ3n) is 4.94. The predicted octanol–water partition coefficient (Wildman–Crippen LogP) is 3.34. The number of nitrogens with zero attached hydrogens (tertiary/aromatic N) is 2. The standard InChI is InChI=1S/C20H26N2O2/c1-15-5-4-6-18(16(15)2)22-11-9-21(10-12-22)14-17-7-8-19(23)20(13-17)24-3/h4-8,13,23H,9-12,14H2,1-3H3. The van der Waals surface area contributed by atoms with E-state index in [-0.39, 0.29) is 5.75 Å². The summed E-state index contributed by atoms with van der Waals surface area (Å²) in [5.74, 6) is 0.738. The lowest BCUT2D eigenvalue weighted by Crippen LogP contribution is -2.46. The van der Waals surface area contributed by atoms with Crippen LogP contribution in [0.2, 0.25) is 0 Å². The second-order valence-electron chi connectivity index (χ2n) is 6.49. The Morgan fingerprint density at radius 1 is 1.04 bits per heavy atom. The Morgan fingerprint density at radius 2 is 1.79 bits per heavy atom. The fourth-order valence-corrected chi connectivity index (χ4v) is 3.30. The first-order valence-corrected chi connectivity index (χ1v) is 8.48. The van der Waals surface area contributed by atoms with Crippen molar-refractivity contribution in [3.63, 3.8) is 0 Å². The largest absolute Gasteiger partial charge is 0.504 e. The summed E-state index contributed by atoms with van der Waals surface area (Å²) in [6.45, 7) is 9.43. The van der Waals surface area contributed by atoms with Crippen molar-refractivity contribution in [2.75, 3.05) is 38.2 Å². The molecule has 2 aromatic rings. The molecule has 0 bridgehead atoms. The minimum atomic E-state index is 0.195. The number of phenols is 1. The van der Waals surface area contributed by atoms with E-state index < -0.39 is 0 Å². The lowest BCUT2D eigenvalue weighted by molar-refractivity contribution is 0.249. The Morgan fingerprint density at radius 3 is 2.50 bits per heavy atom. The van der Waals surface area contributed by atoms with Crippen LogP contribution < -0.4 is 9.64 Å². The zero-order chi connectivity index (χ0) is 17.1. The predicted molar refractivity (Wildman–Crippen MR) is 98.1 cm³/mol. The molecule has 0 aromatic heterocycles. The number of rotatable bonds is 4. The molecule has 0 amide bonds. The average molecular weight is 326 g/mol. The number of methoxy groups -OCH3 is 1. The Labute approximate surface area is 144 Å². The normalized spacial score (nSPS) is 15.5. The molecule has 1 N–H and O–H groups in total. The number of phenolic OH excluding ortho intramolecular Hbond substituents is 1. The first-order valence-electron chi connectivity index (χ1n) is 8.48. The van der Waals surface area contributed by atoms with Crippen molar-refractivity contribution < 1.29 is 9.84 Å². The van der Waals surface area contributed by atoms with Gasteiger partial charge in [-0.25, -0.2) is 0 Å². The Balaban J connectivity index is 1.62. The van der Waals surface area contributed by atoms with E-state index in [1.807, 2.05) is 12.1 Å². The summed E-state index contributed by atoms with van der Waals surface area (Å²) in [7, 11) is 1.59. The molecule has 2 aromatic carbocycles. The number of aryl methyl sites for hydroxylation is 1. The van der Waals surface area contributed by atoms with Gasteiger partial charge in [0, 0.05) is 38.4 Å². The molecule has 0 aliphatic carbocycles. The molecule has 0 atom stereocenters. The Bertz CT molecular complexity index is 707. The van der Waals surface area contributed by atoms with Gasteiger partial charge in [0.25, 0.3) is 0 Å². The van der Waals surface area contributed by atoms with E-state index in [1.54, 1.807) is 13.2 Å². The van der Waals surface area contributed by atoms with Crippen LogP contribution in [0.15, 0.2) is 36.4 Å². The van der Waals surface area contributed by atoms with Crippen molar-refractivity contribution in [2.45, 2.75) is 20.4 Å². The third kappa shape index (κ3) is 3.49. The highest BCUT2D eigenvalue weighted by Crippen LogP contribution is 2.28. The lowest BCUT2D eigenvalue weighted by Gasteiger charge is -2.37. The maximum Gasteiger partial charge on any atom is 0.160 e. The van der Waals surface area contributed by atoms with E-state index in [0.29, 0.717) is 5.75 Å². The molecule has 4 heteroatoms. The molecule has 1 aliphatic heterocycles. The molecule has 1 aliphatic rings. The van der Waals surface area contributed by atoms with Crippen LogP contribution in [-0.2, 0) is 6.54 Å². The molecule has 1 heterocycles. The molecule has 3 rings (SSSR count). The van der Waals surface area contributed by atoms with Gasteiger partial charge in [-0.1, -0.05) is 18.2 Å². The summed E-state index contributed by atoms with van der Waals surface area (Å²) in [6.07, 6.45) is 0. The molecule has 4 nitrogen and oxygen atoms in total. The van der Waals surface area contributed by atoms with Crippen LogP contribution in [0.4, 0.5) is 5.69 Å². The van der Waals surface area contributed by atoms with Gasteiger partial charge in [-0.05, 0) is 48.7 Å². The highest BCUT2D eigenvalue weighted by atomic mass is 16.5. The van der Waals surface area contributed by atoms with Crippen LogP contribution >= 0.6 is 0 Å². The van der Waals surface area contributed by atoms with Gasteiger partial charge in [0.05, 0.1) is 7.11 Å². The van der Waals surface area contributed by atoms with Crippen LogP contribution in [0.3, 0.4) is 0 Å². The van der Waals surface area contributed by atoms with Gasteiger partial charge < -0.3 is 14.7 Å². The van der Waals surface area contributed by atoms with Crippen LogP contribution in [-0.4, -0.2) is 43.3 Å². The smallest absolute Gasteiger partial charge is 0.160 e. The molecule has 0 radical (unpaired) electrons. The van der Waals surface area contributed by atoms with Crippen LogP contribution in [0.25, 0.3) is 0 Å². The summed E-state index contributed by atoms with van der Waals surface area (Å²) < 4.78 is 5.20. The summed E-state index contributed by atoms with van der Waals surface area (Å²) in [4.78, 5) is 4.93. The van der Waals surface area contributed by atoms with Gasteiger partial charge in [-0.3, -0.25) is 4.90 Å². The first kappa shape index (κ1) is 16.7. The van der Waals surface area contributed by atoms with Gasteiger partial charge in [0.2, 0.25) is 0 Å². The van der Waals surface area contributed by atoms with Gasteiger partial charge in [0.1, 0.15) is 0 Å². The molecule has 0 unspecified atom stereocenters. The average Bonchev–Trinajstić information content (AvgIpc) is 2.60. The molecular formula is C20H26N2O2. The number of hydrogen-bond acceptors (Lipinski definition) is 4. The minimum absolute atomic E-state index is 0.195. The van der Waals surface area contributed by atoms with Gasteiger partial charge in [0.15, 0.2) is 11.5 Å². The topological polar surface area (TPSA) is 35.9 Å². The van der Waals surface area contributed by atoms with Crippen LogP contribution in [0.5, 0.6) is 11.5 Å². The third-order valence-corrected chi connectivity index (χ3v) is 4.94. The molecule has 1 fully saturated rings. The van der Waals surface area contributed by atoms with Crippen molar-refractivity contribution in [3.05, 3.63) is 53.1 Å². The summed E-state index contributed by atoms with van der Waals surface area (Å²) in [5, 5.41) is 9.70. The van der Waals surface area contributed by atoms with E-state index in [1.165, 1.54) is 22.4 Å². The molecule has 1 saturated heterocycles. The molecule has 128 valence electrons. The Hall–Kier alpha value is -2.20. The van der Waals surface area contributed by atoms with Crippen LogP contribution in [0.1, 0.15) is 16.7 Å². The van der Waals surface area contributed by atoms with Crippen molar-refractivity contribution in [1.82, 2.24) is 4.90 Å². The van der Waals surface area contributed by atoms with Crippen molar-refractivity contribution in [3.8, 4) is 11.5 Å². The van der Waals surface area contributed by atoms with Crippen molar-refractivity contribution in [1.29, 1.82) is 0 Å². The number of ether oxygens (including phenoxy) is 1. The van der Waals surface area contributed by atoms with E-state index in [2.05, 4.69) is 41.8 Å². The van der Waals surface area contributed by atoms with E-state index in [4.69, 9.17) is 4.74 Å². The van der Waals surface area contributed by atoms with Gasteiger partial charge in [-0.15, -0.1) is 0 Å². The number of aromatic hydroxyl groups is 1. The fraction of sp³-hybridized carbons (Fsp3) is 0.400. The van der Waals surface area contributed by atoms with Gasteiger partial charge >= 0.3 is 0 Å². The lowest BCUT2D eigenvalue weighted by atomic mass is 10.1. The minimum Gasteiger partial charge on any atom is -0.504 e.